The Morgan fingerprint density at radius 3 is 2.51 bits per heavy atom. The Bertz CT molecular complexity index is 1410. The number of anilines is 1. The molecule has 1 aliphatic heterocycles. The van der Waals surface area contributed by atoms with Gasteiger partial charge >= 0.3 is 12.1 Å². The highest BCUT2D eigenvalue weighted by atomic mass is 16.6. The molecule has 41 heavy (non-hydrogen) atoms. The Labute approximate surface area is 242 Å². The highest BCUT2D eigenvalue weighted by Gasteiger charge is 2.32. The Morgan fingerprint density at radius 2 is 1.88 bits per heavy atom. The first-order chi connectivity index (χ1) is 19.5. The van der Waals surface area contributed by atoms with Crippen molar-refractivity contribution in [1.82, 2.24) is 9.47 Å². The summed E-state index contributed by atoms with van der Waals surface area (Å²) in [4.78, 5) is 27.8. The van der Waals surface area contributed by atoms with Crippen LogP contribution in [-0.2, 0) is 20.8 Å². The van der Waals surface area contributed by atoms with Gasteiger partial charge in [0.25, 0.3) is 0 Å². The fraction of sp³-hybridized carbons (Fsp3) is 0.500. The lowest BCUT2D eigenvalue weighted by Crippen LogP contribution is -2.39. The van der Waals surface area contributed by atoms with Gasteiger partial charge in [-0.2, -0.15) is 0 Å². The molecule has 0 saturated carbocycles. The van der Waals surface area contributed by atoms with Gasteiger partial charge in [0.05, 0.1) is 31.4 Å². The monoisotopic (exact) mass is 565 g/mol. The van der Waals surface area contributed by atoms with Crippen LogP contribution in [-0.4, -0.2) is 67.7 Å². The summed E-state index contributed by atoms with van der Waals surface area (Å²) in [7, 11) is 4.87. The molecule has 9 heteroatoms. The van der Waals surface area contributed by atoms with E-state index >= 15 is 0 Å². The number of carbonyl (C=O) groups is 2. The summed E-state index contributed by atoms with van der Waals surface area (Å²) in [5.41, 5.74) is 4.45. The van der Waals surface area contributed by atoms with Crippen molar-refractivity contribution in [3.8, 4) is 5.75 Å². The molecule has 2 unspecified atom stereocenters. The summed E-state index contributed by atoms with van der Waals surface area (Å²) in [5, 5.41) is 4.11. The van der Waals surface area contributed by atoms with Crippen LogP contribution >= 0.6 is 0 Å². The normalized spacial score (nSPS) is 17.9. The number of hydrogen-bond acceptors (Lipinski definition) is 8. The maximum atomic E-state index is 13.1. The first kappa shape index (κ1) is 30.4. The van der Waals surface area contributed by atoms with Crippen molar-refractivity contribution < 1.29 is 28.5 Å². The van der Waals surface area contributed by atoms with Crippen LogP contribution in [0.4, 0.5) is 10.5 Å². The molecule has 0 amide bonds. The highest BCUT2D eigenvalue weighted by molar-refractivity contribution is 5.96. The van der Waals surface area contributed by atoms with E-state index in [4.69, 9.17) is 18.9 Å². The average molecular weight is 566 g/mol. The maximum Gasteiger partial charge on any atom is 0.419 e. The fourth-order valence-corrected chi connectivity index (χ4v) is 5.74. The number of methoxy groups -OCH3 is 2. The van der Waals surface area contributed by atoms with E-state index in [1.165, 1.54) is 7.11 Å². The standard InChI is InChI=1S/C32H43N3O6/c1-9-40-22-12-14-34(27(18-22)21-10-11-24(30(36)39-8)26(17-21)33-6)19-25-23-13-15-35(31(37)41-32(3,4)5)29(23)20(2)16-28(25)38-7/h10-11,13,15-17,22,27,33H,9,12,14,18-19H2,1-8H3. The van der Waals surface area contributed by atoms with Crippen LogP contribution in [0.1, 0.15) is 73.6 Å². The first-order valence-electron chi connectivity index (χ1n) is 14.2. The molecule has 0 aliphatic carbocycles. The molecule has 9 nitrogen and oxygen atoms in total. The number of ether oxygens (including phenoxy) is 4. The largest absolute Gasteiger partial charge is 0.496 e. The fourth-order valence-electron chi connectivity index (χ4n) is 5.74. The molecule has 4 rings (SSSR count). The molecule has 1 fully saturated rings. The topological polar surface area (TPSA) is 91.3 Å². The van der Waals surface area contributed by atoms with Crippen LogP contribution in [0.25, 0.3) is 10.9 Å². The van der Waals surface area contributed by atoms with Gasteiger partial charge in [0.15, 0.2) is 0 Å². The van der Waals surface area contributed by atoms with Crippen molar-refractivity contribution in [3.63, 3.8) is 0 Å². The van der Waals surface area contributed by atoms with Crippen molar-refractivity contribution in [2.75, 3.05) is 39.7 Å². The molecule has 1 aliphatic rings. The SMILES string of the molecule is CCOC1CCN(Cc2c(OC)cc(C)c3c2ccn3C(=O)OC(C)(C)C)C(c2ccc(C(=O)OC)c(NC)c2)C1. The Kier molecular flexibility index (Phi) is 9.29. The lowest BCUT2D eigenvalue weighted by atomic mass is 9.91. The van der Waals surface area contributed by atoms with E-state index in [-0.39, 0.29) is 18.1 Å². The maximum absolute atomic E-state index is 13.1. The van der Waals surface area contributed by atoms with E-state index in [2.05, 4.69) is 10.2 Å². The summed E-state index contributed by atoms with van der Waals surface area (Å²) in [5.74, 6) is 0.398. The molecule has 1 N–H and O–H groups in total. The molecule has 1 saturated heterocycles. The highest BCUT2D eigenvalue weighted by Crippen LogP contribution is 2.39. The van der Waals surface area contributed by atoms with Gasteiger partial charge in [0.1, 0.15) is 11.4 Å². The lowest BCUT2D eigenvalue weighted by Gasteiger charge is -2.40. The first-order valence-corrected chi connectivity index (χ1v) is 14.2. The molecule has 2 aromatic carbocycles. The third-order valence-corrected chi connectivity index (χ3v) is 7.57. The van der Waals surface area contributed by atoms with Gasteiger partial charge in [-0.25, -0.2) is 9.59 Å². The van der Waals surface area contributed by atoms with Crippen molar-refractivity contribution in [1.29, 1.82) is 0 Å². The number of esters is 1. The summed E-state index contributed by atoms with van der Waals surface area (Å²) in [6, 6.07) is 9.84. The predicted molar refractivity (Wildman–Crippen MR) is 160 cm³/mol. The number of rotatable bonds is 8. The van der Waals surface area contributed by atoms with E-state index in [1.807, 2.05) is 65.0 Å². The number of aryl methyl sites for hydroxylation is 1. The third-order valence-electron chi connectivity index (χ3n) is 7.57. The van der Waals surface area contributed by atoms with Crippen molar-refractivity contribution in [2.45, 2.75) is 71.8 Å². The quantitative estimate of drug-likeness (QED) is 0.318. The number of benzene rings is 2. The second-order valence-electron chi connectivity index (χ2n) is 11.4. The summed E-state index contributed by atoms with van der Waals surface area (Å²) >= 11 is 0. The van der Waals surface area contributed by atoms with E-state index in [1.54, 1.807) is 24.9 Å². The Hall–Kier alpha value is -3.56. The zero-order chi connectivity index (χ0) is 29.9. The Morgan fingerprint density at radius 1 is 1.12 bits per heavy atom. The lowest BCUT2D eigenvalue weighted by molar-refractivity contribution is -0.0138. The van der Waals surface area contributed by atoms with E-state index in [0.717, 1.165) is 58.4 Å². The third kappa shape index (κ3) is 6.52. The molecule has 1 aromatic heterocycles. The van der Waals surface area contributed by atoms with Crippen LogP contribution in [0.15, 0.2) is 36.5 Å². The number of piperidine rings is 1. The summed E-state index contributed by atoms with van der Waals surface area (Å²) in [6.07, 6.45) is 3.21. The summed E-state index contributed by atoms with van der Waals surface area (Å²) in [6.45, 7) is 11.7. The van der Waals surface area contributed by atoms with Gasteiger partial charge in [0.2, 0.25) is 0 Å². The second-order valence-corrected chi connectivity index (χ2v) is 11.4. The van der Waals surface area contributed by atoms with E-state index in [0.29, 0.717) is 18.7 Å². The number of likely N-dealkylation sites (tertiary alicyclic amines) is 1. The van der Waals surface area contributed by atoms with Gasteiger partial charge in [0, 0.05) is 55.6 Å². The number of aromatic nitrogens is 1. The van der Waals surface area contributed by atoms with Gasteiger partial charge in [-0.15, -0.1) is 0 Å². The van der Waals surface area contributed by atoms with Gasteiger partial charge in [-0.05, 0) is 82.9 Å². The van der Waals surface area contributed by atoms with Crippen LogP contribution in [0.3, 0.4) is 0 Å². The zero-order valence-corrected chi connectivity index (χ0v) is 25.5. The van der Waals surface area contributed by atoms with Crippen LogP contribution in [0.2, 0.25) is 0 Å². The minimum atomic E-state index is -0.607. The minimum Gasteiger partial charge on any atom is -0.496 e. The predicted octanol–water partition coefficient (Wildman–Crippen LogP) is 6.31. The summed E-state index contributed by atoms with van der Waals surface area (Å²) < 4.78 is 24.2. The molecule has 2 heterocycles. The smallest absolute Gasteiger partial charge is 0.419 e. The van der Waals surface area contributed by atoms with Crippen LogP contribution < -0.4 is 10.1 Å². The van der Waals surface area contributed by atoms with Gasteiger partial charge in [-0.1, -0.05) is 6.07 Å². The number of nitrogens with zero attached hydrogens (tertiary/aromatic N) is 2. The van der Waals surface area contributed by atoms with Gasteiger partial charge < -0.3 is 24.3 Å². The molecule has 0 spiro atoms. The molecule has 3 aromatic rings. The van der Waals surface area contributed by atoms with Crippen LogP contribution in [0.5, 0.6) is 5.75 Å². The van der Waals surface area contributed by atoms with Crippen molar-refractivity contribution >= 4 is 28.7 Å². The number of nitrogens with one attached hydrogen (secondary N) is 1. The number of hydrogen-bond donors (Lipinski definition) is 1. The molecule has 0 radical (unpaired) electrons. The van der Waals surface area contributed by atoms with E-state index < -0.39 is 11.7 Å². The average Bonchev–Trinajstić information content (AvgIpc) is 3.40. The molecular weight excluding hydrogens is 522 g/mol. The minimum absolute atomic E-state index is 0.0353. The molecular formula is C32H43N3O6. The molecule has 0 bridgehead atoms. The zero-order valence-electron chi connectivity index (χ0n) is 25.5. The van der Waals surface area contributed by atoms with Crippen molar-refractivity contribution in [3.05, 3.63) is 58.8 Å². The van der Waals surface area contributed by atoms with E-state index in [9.17, 15) is 9.59 Å². The number of fused-ring (bicyclic) bond motifs is 1. The van der Waals surface area contributed by atoms with Crippen molar-refractivity contribution in [2.24, 2.45) is 0 Å². The number of carbonyl (C=O) groups excluding carboxylic acids is 2. The second kappa shape index (κ2) is 12.5. The van der Waals surface area contributed by atoms with Crippen LogP contribution in [0, 0.1) is 6.92 Å². The molecule has 222 valence electrons. The Balaban J connectivity index is 1.76. The van der Waals surface area contributed by atoms with Gasteiger partial charge in [-0.3, -0.25) is 9.47 Å². The molecule has 2 atom stereocenters.